The van der Waals surface area contributed by atoms with Gasteiger partial charge in [0.2, 0.25) is 0 Å². The molecule has 0 aliphatic heterocycles. The van der Waals surface area contributed by atoms with Crippen molar-refractivity contribution >= 4 is 23.2 Å². The molecule has 122 valence electrons. The smallest absolute Gasteiger partial charge is 0.0481 e. The zero-order valence-electron chi connectivity index (χ0n) is 20.6. The quantitative estimate of drug-likeness (QED) is 0.686. The van der Waals surface area contributed by atoms with Crippen LogP contribution in [0.3, 0.4) is 0 Å². The molecule has 2 heteroatoms. The second-order valence-electron chi connectivity index (χ2n) is 5.96. The molecule has 23 heavy (non-hydrogen) atoms. The van der Waals surface area contributed by atoms with Crippen molar-refractivity contribution in [3.8, 4) is 11.8 Å². The number of allylic oxidation sites excluding steroid dienone is 1. The van der Waals surface area contributed by atoms with Crippen LogP contribution in [0.4, 0.5) is 0 Å². The summed E-state index contributed by atoms with van der Waals surface area (Å²) in [7, 11) is 0. The minimum atomic E-state index is -3.04. The van der Waals surface area contributed by atoms with Gasteiger partial charge < -0.3 is 0 Å². The normalized spacial score (nSPS) is 17.7. The van der Waals surface area contributed by atoms with E-state index in [0.717, 1.165) is 11.5 Å². The van der Waals surface area contributed by atoms with Crippen molar-refractivity contribution in [2.75, 3.05) is 13.5 Å². The van der Waals surface area contributed by atoms with Crippen LogP contribution in [0.2, 0.25) is 0 Å². The largest absolute Gasteiger partial charge is 0.298 e. The standard InChI is InChI=1S/C21H25N.ClH/c1-21(2,3)15-8-5-9-16-22(4)17-19-13-10-12-18-11-6-7-14-20(18)19;/h5-7,9-14H,16-17H2,1-4H3;1H/b9-5+;/i4D3,16D2,17D2;. The van der Waals surface area contributed by atoms with Gasteiger partial charge in [0.25, 0.3) is 0 Å². The molecule has 0 bridgehead atoms. The topological polar surface area (TPSA) is 3.24 Å². The van der Waals surface area contributed by atoms with Crippen molar-refractivity contribution < 1.29 is 9.60 Å². The number of fused-ring (bicyclic) bond motifs is 1. The Morgan fingerprint density at radius 3 is 2.65 bits per heavy atom. The van der Waals surface area contributed by atoms with Crippen LogP contribution in [-0.2, 0) is 6.50 Å². The van der Waals surface area contributed by atoms with Crippen LogP contribution in [0.1, 0.15) is 35.9 Å². The summed E-state index contributed by atoms with van der Waals surface area (Å²) in [6.45, 7) is -2.56. The third kappa shape index (κ3) is 6.48. The summed E-state index contributed by atoms with van der Waals surface area (Å²) >= 11 is 0. The lowest BCUT2D eigenvalue weighted by Gasteiger charge is -2.15. The first-order valence-corrected chi connectivity index (χ1v) is 7.15. The molecule has 0 radical (unpaired) electrons. The van der Waals surface area contributed by atoms with E-state index in [1.54, 1.807) is 36.4 Å². The number of nitrogens with zero attached hydrogens (tertiary/aromatic N) is 1. The Bertz CT molecular complexity index is 958. The fraction of sp³-hybridized carbons (Fsp3) is 0.333. The average Bonchev–Trinajstić information content (AvgIpc) is 2.55. The Morgan fingerprint density at radius 2 is 1.91 bits per heavy atom. The van der Waals surface area contributed by atoms with Gasteiger partial charge in [-0.05, 0) is 50.2 Å². The molecule has 0 heterocycles. The predicted molar refractivity (Wildman–Crippen MR) is 104 cm³/mol. The van der Waals surface area contributed by atoms with Gasteiger partial charge in [0.05, 0.1) is 0 Å². The van der Waals surface area contributed by atoms with Crippen molar-refractivity contribution in [1.82, 2.24) is 4.90 Å². The maximum atomic E-state index is 8.62. The molecule has 0 aromatic heterocycles. The summed E-state index contributed by atoms with van der Waals surface area (Å²) < 4.78 is 57.4. The van der Waals surface area contributed by atoms with Crippen LogP contribution < -0.4 is 0 Å². The van der Waals surface area contributed by atoms with Gasteiger partial charge in [0, 0.05) is 28.0 Å². The fourth-order valence-corrected chi connectivity index (χ4v) is 1.89. The molecule has 0 spiro atoms. The molecule has 0 atom stereocenters. The van der Waals surface area contributed by atoms with Crippen LogP contribution in [0.15, 0.2) is 54.6 Å². The zero-order chi connectivity index (χ0) is 22.1. The molecule has 0 saturated heterocycles. The zero-order valence-corrected chi connectivity index (χ0v) is 14.4. The van der Waals surface area contributed by atoms with E-state index in [4.69, 9.17) is 9.60 Å². The van der Waals surface area contributed by atoms with Gasteiger partial charge in [-0.1, -0.05) is 60.4 Å². The summed E-state index contributed by atoms with van der Waals surface area (Å²) in [5.41, 5.74) is -0.206. The molecular formula is C21H26ClN. The van der Waals surface area contributed by atoms with E-state index in [0.29, 0.717) is 5.39 Å². The van der Waals surface area contributed by atoms with E-state index in [-0.39, 0.29) is 28.3 Å². The van der Waals surface area contributed by atoms with Gasteiger partial charge >= 0.3 is 0 Å². The maximum absolute atomic E-state index is 8.62. The van der Waals surface area contributed by atoms with Crippen LogP contribution in [-0.4, -0.2) is 18.4 Å². The van der Waals surface area contributed by atoms with Crippen molar-refractivity contribution in [3.05, 3.63) is 60.2 Å². The fourth-order valence-electron chi connectivity index (χ4n) is 1.89. The third-order valence-corrected chi connectivity index (χ3v) is 2.84. The molecule has 2 aromatic carbocycles. The van der Waals surface area contributed by atoms with Gasteiger partial charge in [-0.2, -0.15) is 0 Å². The number of benzene rings is 2. The number of rotatable bonds is 4. The molecule has 0 N–H and O–H groups in total. The van der Waals surface area contributed by atoms with Crippen LogP contribution in [0, 0.1) is 17.3 Å². The molecule has 0 unspecified atom stereocenters. The summed E-state index contributed by atoms with van der Waals surface area (Å²) in [4.78, 5) is 0.282. The lowest BCUT2D eigenvalue weighted by Crippen LogP contribution is -2.17. The van der Waals surface area contributed by atoms with Gasteiger partial charge in [0.1, 0.15) is 0 Å². The highest BCUT2D eigenvalue weighted by Gasteiger charge is 2.03. The SMILES string of the molecule is Cl.[2H]C([2H])([2H])N(C([2H])([2H])/C=C/C#CC(C)(C)C)C([2H])([2H])c1cccc2ccccc12. The molecule has 0 fully saturated rings. The van der Waals surface area contributed by atoms with Crippen molar-refractivity contribution in [1.29, 1.82) is 0 Å². The second kappa shape index (κ2) is 8.77. The van der Waals surface area contributed by atoms with Gasteiger partial charge in [-0.15, -0.1) is 12.4 Å². The van der Waals surface area contributed by atoms with Crippen molar-refractivity contribution in [2.24, 2.45) is 5.41 Å². The molecule has 0 saturated carbocycles. The monoisotopic (exact) mass is 334 g/mol. The Kier molecular flexibility index (Phi) is 4.16. The molecule has 0 amide bonds. The lowest BCUT2D eigenvalue weighted by atomic mass is 9.98. The Balaban J connectivity index is 0.00000450. The number of halogens is 1. The highest BCUT2D eigenvalue weighted by Crippen LogP contribution is 2.19. The summed E-state index contributed by atoms with van der Waals surface area (Å²) in [6, 6.07) is 11.9. The maximum Gasteiger partial charge on any atom is 0.0481 e. The predicted octanol–water partition coefficient (Wildman–Crippen LogP) is 5.30. The van der Waals surface area contributed by atoms with E-state index < -0.39 is 20.0 Å². The summed E-state index contributed by atoms with van der Waals surface area (Å²) in [6.07, 6.45) is 2.23. The first-order chi connectivity index (χ1) is 13.2. The first-order valence-electron chi connectivity index (χ1n) is 10.7. The van der Waals surface area contributed by atoms with E-state index in [1.165, 1.54) is 12.1 Å². The average molecular weight is 335 g/mol. The van der Waals surface area contributed by atoms with Gasteiger partial charge in [-0.3, -0.25) is 4.90 Å². The Morgan fingerprint density at radius 1 is 1.17 bits per heavy atom. The van der Waals surface area contributed by atoms with Crippen molar-refractivity contribution in [2.45, 2.75) is 27.3 Å². The van der Waals surface area contributed by atoms with Crippen LogP contribution in [0.25, 0.3) is 10.8 Å². The number of hydrogen-bond acceptors (Lipinski definition) is 1. The van der Waals surface area contributed by atoms with E-state index >= 15 is 0 Å². The third-order valence-electron chi connectivity index (χ3n) is 2.84. The molecule has 1 nitrogen and oxygen atoms in total. The summed E-state index contributed by atoms with van der Waals surface area (Å²) in [5, 5.41) is 1.27. The first kappa shape index (κ1) is 10.9. The van der Waals surface area contributed by atoms with Crippen molar-refractivity contribution in [3.63, 3.8) is 0 Å². The number of likely N-dealkylation sites (N-methyl/N-ethyl adjacent to an activating group) is 1. The Hall–Kier alpha value is -1.75. The van der Waals surface area contributed by atoms with E-state index in [9.17, 15) is 0 Å². The summed E-state index contributed by atoms with van der Waals surface area (Å²) in [5.74, 6) is 5.62. The molecule has 0 aliphatic rings. The van der Waals surface area contributed by atoms with Gasteiger partial charge in [-0.25, -0.2) is 0 Å². The van der Waals surface area contributed by atoms with Crippen LogP contribution in [0.5, 0.6) is 0 Å². The lowest BCUT2D eigenvalue weighted by molar-refractivity contribution is 0.365. The highest BCUT2D eigenvalue weighted by atomic mass is 35.5. The number of hydrogen-bond donors (Lipinski definition) is 0. The van der Waals surface area contributed by atoms with Gasteiger partial charge in [0.15, 0.2) is 0 Å². The van der Waals surface area contributed by atoms with E-state index in [2.05, 4.69) is 11.8 Å². The minimum Gasteiger partial charge on any atom is -0.298 e. The molecule has 2 aromatic rings. The Labute approximate surface area is 156 Å². The molecule has 2 rings (SSSR count). The molecular weight excluding hydrogens is 302 g/mol. The second-order valence-corrected chi connectivity index (χ2v) is 5.96. The molecule has 0 aliphatic carbocycles. The minimum absolute atomic E-state index is 0. The van der Waals surface area contributed by atoms with Crippen LogP contribution >= 0.6 is 12.4 Å². The highest BCUT2D eigenvalue weighted by molar-refractivity contribution is 5.85. The van der Waals surface area contributed by atoms with E-state index in [1.807, 2.05) is 20.8 Å².